The summed E-state index contributed by atoms with van der Waals surface area (Å²) >= 11 is 0. The highest BCUT2D eigenvalue weighted by Crippen LogP contribution is 2.21. The molecule has 0 saturated carbocycles. The highest BCUT2D eigenvalue weighted by molar-refractivity contribution is 5.97. The van der Waals surface area contributed by atoms with Gasteiger partial charge in [0.15, 0.2) is 0 Å². The fourth-order valence-electron chi connectivity index (χ4n) is 1.49. The van der Waals surface area contributed by atoms with E-state index in [1.165, 1.54) is 12.1 Å². The van der Waals surface area contributed by atoms with E-state index < -0.39 is 10.9 Å². The number of anilines is 1. The quantitative estimate of drug-likeness (QED) is 0.300. The van der Waals surface area contributed by atoms with Crippen molar-refractivity contribution >= 4 is 17.3 Å². The first-order valence-corrected chi connectivity index (χ1v) is 5.39. The van der Waals surface area contributed by atoms with Crippen LogP contribution in [0.3, 0.4) is 0 Å². The Hall–Kier alpha value is -2.89. The van der Waals surface area contributed by atoms with E-state index in [-0.39, 0.29) is 16.9 Å². The Morgan fingerprint density at radius 3 is 2.47 bits per heavy atom. The van der Waals surface area contributed by atoms with Gasteiger partial charge in [0, 0.05) is 17.8 Å². The molecule has 0 aromatic heterocycles. The van der Waals surface area contributed by atoms with E-state index in [0.717, 1.165) is 6.07 Å². The average molecular weight is 258 g/mol. The van der Waals surface area contributed by atoms with Crippen LogP contribution in [0, 0.1) is 10.1 Å². The number of ether oxygens (including phenoxy) is 1. The number of esters is 1. The lowest BCUT2D eigenvalue weighted by Crippen LogP contribution is -2.11. The van der Waals surface area contributed by atoms with Crippen molar-refractivity contribution in [2.75, 3.05) is 5.73 Å². The molecule has 0 heterocycles. The minimum absolute atomic E-state index is 0.0296. The Bertz CT molecular complexity index is 626. The fourth-order valence-corrected chi connectivity index (χ4v) is 1.49. The summed E-state index contributed by atoms with van der Waals surface area (Å²) in [5.74, 6) is -0.384. The van der Waals surface area contributed by atoms with E-state index in [1.807, 2.05) is 0 Å². The third kappa shape index (κ3) is 2.86. The van der Waals surface area contributed by atoms with Crippen molar-refractivity contribution < 1.29 is 14.5 Å². The number of hydrogen-bond donors (Lipinski definition) is 1. The van der Waals surface area contributed by atoms with Crippen LogP contribution in [-0.4, -0.2) is 10.9 Å². The first kappa shape index (κ1) is 12.6. The van der Waals surface area contributed by atoms with Gasteiger partial charge in [0.2, 0.25) is 0 Å². The molecule has 6 heteroatoms. The predicted molar refractivity (Wildman–Crippen MR) is 68.9 cm³/mol. The van der Waals surface area contributed by atoms with Crippen molar-refractivity contribution in [2.24, 2.45) is 0 Å². The predicted octanol–water partition coefficient (Wildman–Crippen LogP) is 2.40. The Labute approximate surface area is 108 Å². The largest absolute Gasteiger partial charge is 0.423 e. The number of rotatable bonds is 3. The van der Waals surface area contributed by atoms with Gasteiger partial charge < -0.3 is 10.5 Å². The van der Waals surface area contributed by atoms with Crippen LogP contribution in [-0.2, 0) is 0 Å². The van der Waals surface area contributed by atoms with Crippen LogP contribution in [0.1, 0.15) is 10.4 Å². The van der Waals surface area contributed by atoms with E-state index in [9.17, 15) is 14.9 Å². The number of carbonyl (C=O) groups is 1. The Kier molecular flexibility index (Phi) is 3.42. The van der Waals surface area contributed by atoms with Crippen molar-refractivity contribution in [1.82, 2.24) is 0 Å². The number of hydrogen-bond acceptors (Lipinski definition) is 5. The summed E-state index contributed by atoms with van der Waals surface area (Å²) in [5, 5.41) is 10.7. The maximum atomic E-state index is 11.9. The molecule has 0 saturated heterocycles. The van der Waals surface area contributed by atoms with Gasteiger partial charge in [-0.25, -0.2) is 4.79 Å². The molecule has 0 radical (unpaired) electrons. The second-order valence-electron chi connectivity index (χ2n) is 3.73. The van der Waals surface area contributed by atoms with Crippen LogP contribution in [0.2, 0.25) is 0 Å². The number of nitrogens with zero attached hydrogens (tertiary/aromatic N) is 1. The average Bonchev–Trinajstić information content (AvgIpc) is 2.40. The maximum Gasteiger partial charge on any atom is 0.345 e. The normalized spacial score (nSPS) is 9.89. The van der Waals surface area contributed by atoms with Crippen LogP contribution in [0.4, 0.5) is 11.4 Å². The zero-order valence-electron chi connectivity index (χ0n) is 9.78. The van der Waals surface area contributed by atoms with Crippen molar-refractivity contribution in [1.29, 1.82) is 0 Å². The number of benzene rings is 2. The molecule has 0 aliphatic rings. The van der Waals surface area contributed by atoms with Crippen molar-refractivity contribution in [3.63, 3.8) is 0 Å². The topological polar surface area (TPSA) is 95.5 Å². The molecule has 0 aliphatic heterocycles. The molecule has 0 unspecified atom stereocenters. The third-order valence-electron chi connectivity index (χ3n) is 2.42. The van der Waals surface area contributed by atoms with Crippen LogP contribution in [0.25, 0.3) is 0 Å². The van der Waals surface area contributed by atoms with Gasteiger partial charge in [0.05, 0.1) is 10.5 Å². The van der Waals surface area contributed by atoms with Crippen LogP contribution in [0.5, 0.6) is 5.75 Å². The van der Waals surface area contributed by atoms with Crippen LogP contribution < -0.4 is 10.5 Å². The van der Waals surface area contributed by atoms with E-state index in [4.69, 9.17) is 10.5 Å². The van der Waals surface area contributed by atoms with Gasteiger partial charge in [-0.1, -0.05) is 18.2 Å². The third-order valence-corrected chi connectivity index (χ3v) is 2.42. The second kappa shape index (κ2) is 5.18. The molecular weight excluding hydrogens is 248 g/mol. The van der Waals surface area contributed by atoms with Crippen LogP contribution >= 0.6 is 0 Å². The van der Waals surface area contributed by atoms with Crippen LogP contribution in [0.15, 0.2) is 48.5 Å². The number of non-ortho nitro benzene ring substituents is 1. The van der Waals surface area contributed by atoms with Gasteiger partial charge in [0.25, 0.3) is 5.69 Å². The summed E-state index contributed by atoms with van der Waals surface area (Å²) in [7, 11) is 0. The highest BCUT2D eigenvalue weighted by Gasteiger charge is 2.17. The first-order valence-electron chi connectivity index (χ1n) is 5.39. The lowest BCUT2D eigenvalue weighted by atomic mass is 10.1. The zero-order chi connectivity index (χ0) is 13.8. The lowest BCUT2D eigenvalue weighted by molar-refractivity contribution is -0.384. The molecule has 96 valence electrons. The van der Waals surface area contributed by atoms with Gasteiger partial charge in [0.1, 0.15) is 5.75 Å². The summed E-state index contributed by atoms with van der Waals surface area (Å²) < 4.78 is 5.07. The fraction of sp³-hybridized carbons (Fsp3) is 0. The summed E-state index contributed by atoms with van der Waals surface area (Å²) in [4.78, 5) is 21.9. The zero-order valence-corrected chi connectivity index (χ0v) is 9.78. The minimum Gasteiger partial charge on any atom is -0.423 e. The second-order valence-corrected chi connectivity index (χ2v) is 3.73. The summed E-state index contributed by atoms with van der Waals surface area (Å²) in [5.41, 5.74) is 5.51. The maximum absolute atomic E-state index is 11.9. The van der Waals surface area contributed by atoms with Crippen molar-refractivity contribution in [3.05, 3.63) is 64.2 Å². The molecule has 0 amide bonds. The number of nitro benzene ring substituents is 1. The molecule has 19 heavy (non-hydrogen) atoms. The molecule has 6 nitrogen and oxygen atoms in total. The van der Waals surface area contributed by atoms with Gasteiger partial charge in [-0.3, -0.25) is 10.1 Å². The Morgan fingerprint density at radius 1 is 1.16 bits per heavy atom. The Balaban J connectivity index is 2.28. The van der Waals surface area contributed by atoms with E-state index in [1.54, 1.807) is 30.3 Å². The number of carbonyl (C=O) groups excluding carboxylic acids is 1. The van der Waals surface area contributed by atoms with E-state index in [2.05, 4.69) is 0 Å². The van der Waals surface area contributed by atoms with Gasteiger partial charge in [-0.05, 0) is 18.2 Å². The number of nitrogen functional groups attached to an aromatic ring is 1. The first-order chi connectivity index (χ1) is 9.08. The SMILES string of the molecule is Nc1ccc([N+](=O)[O-])cc1C(=O)Oc1ccccc1. The van der Waals surface area contributed by atoms with Crippen molar-refractivity contribution in [3.8, 4) is 5.75 Å². The number of para-hydroxylation sites is 1. The van der Waals surface area contributed by atoms with E-state index >= 15 is 0 Å². The molecule has 0 bridgehead atoms. The smallest absolute Gasteiger partial charge is 0.345 e. The molecule has 0 atom stereocenters. The van der Waals surface area contributed by atoms with Gasteiger partial charge in [-0.15, -0.1) is 0 Å². The molecule has 0 fully saturated rings. The van der Waals surface area contributed by atoms with E-state index in [0.29, 0.717) is 5.75 Å². The molecule has 2 aromatic rings. The van der Waals surface area contributed by atoms with Crippen molar-refractivity contribution in [2.45, 2.75) is 0 Å². The number of nitro groups is 1. The summed E-state index contributed by atoms with van der Waals surface area (Å²) in [6.45, 7) is 0. The molecule has 0 spiro atoms. The summed E-state index contributed by atoms with van der Waals surface area (Å²) in [6, 6.07) is 12.0. The van der Waals surface area contributed by atoms with Gasteiger partial charge in [-0.2, -0.15) is 0 Å². The molecule has 0 aliphatic carbocycles. The minimum atomic E-state index is -0.729. The molecule has 2 N–H and O–H groups in total. The number of nitrogens with two attached hydrogens (primary N) is 1. The summed E-state index contributed by atoms with van der Waals surface area (Å²) in [6.07, 6.45) is 0. The molecule has 2 aromatic carbocycles. The Morgan fingerprint density at radius 2 is 1.84 bits per heavy atom. The standard InChI is InChI=1S/C13H10N2O4/c14-12-7-6-9(15(17)18)8-11(12)13(16)19-10-4-2-1-3-5-10/h1-8H,14H2. The van der Waals surface area contributed by atoms with Gasteiger partial charge >= 0.3 is 5.97 Å². The lowest BCUT2D eigenvalue weighted by Gasteiger charge is -2.06. The highest BCUT2D eigenvalue weighted by atomic mass is 16.6. The molecular formula is C13H10N2O4. The molecule has 2 rings (SSSR count). The monoisotopic (exact) mass is 258 g/mol.